The van der Waals surface area contributed by atoms with E-state index in [4.69, 9.17) is 0 Å². The molecule has 0 unspecified atom stereocenters. The molecule has 0 saturated carbocycles. The molecule has 2 nitrogen and oxygen atoms in total. The molecule has 0 spiro atoms. The molecule has 0 bridgehead atoms. The van der Waals surface area contributed by atoms with Gasteiger partial charge in [0.05, 0.1) is 6.54 Å². The van der Waals surface area contributed by atoms with Gasteiger partial charge < -0.3 is 0 Å². The summed E-state index contributed by atoms with van der Waals surface area (Å²) in [7, 11) is 0. The lowest BCUT2D eigenvalue weighted by atomic mass is 10.4. The highest BCUT2D eigenvalue weighted by Crippen LogP contribution is 1.87. The van der Waals surface area contributed by atoms with E-state index in [1.165, 1.54) is 0 Å². The number of ketones is 1. The maximum atomic E-state index is 10.1. The zero-order valence-electron chi connectivity index (χ0n) is 3.76. The summed E-state index contributed by atoms with van der Waals surface area (Å²) in [6.07, 6.45) is 2.21. The lowest BCUT2D eigenvalue weighted by molar-refractivity contribution is -0.116. The van der Waals surface area contributed by atoms with Crippen LogP contribution in [0.15, 0.2) is 4.99 Å². The first-order chi connectivity index (χ1) is 2.89. The monoisotopic (exact) mass is 119 g/mol. The zero-order valence-corrected chi connectivity index (χ0v) is 4.57. The van der Waals surface area contributed by atoms with Gasteiger partial charge in [-0.2, -0.15) is 0 Å². The molecule has 0 aromatic heterocycles. The Morgan fingerprint density at radius 1 is 1.71 bits per heavy atom. The van der Waals surface area contributed by atoms with Crippen molar-refractivity contribution in [2.75, 3.05) is 6.54 Å². The molecule has 1 aliphatic rings. The van der Waals surface area contributed by atoms with E-state index in [9.17, 15) is 4.79 Å². The van der Waals surface area contributed by atoms with Crippen molar-refractivity contribution >= 4 is 24.4 Å². The van der Waals surface area contributed by atoms with Gasteiger partial charge in [-0.05, 0) is 0 Å². The minimum atomic E-state index is 0. The number of hydrogen-bond donors (Lipinski definition) is 0. The van der Waals surface area contributed by atoms with Crippen LogP contribution >= 0.6 is 12.4 Å². The number of hydrogen-bond acceptors (Lipinski definition) is 2. The van der Waals surface area contributed by atoms with Crippen LogP contribution < -0.4 is 0 Å². The normalized spacial score (nSPS) is 16.9. The molecule has 0 saturated heterocycles. The molecule has 3 heteroatoms. The molecule has 1 rings (SSSR count). The molecule has 0 radical (unpaired) electrons. The van der Waals surface area contributed by atoms with Crippen molar-refractivity contribution in [3.05, 3.63) is 0 Å². The standard InChI is InChI=1S/C4H5NO.ClH/c6-4-1-2-5-3-4;/h2H,1,3H2;1H. The average Bonchev–Trinajstić information content (AvgIpc) is 1.86. The van der Waals surface area contributed by atoms with E-state index in [-0.39, 0.29) is 18.2 Å². The predicted octanol–water partition coefficient (Wildman–Crippen LogP) is 0.452. The Bertz CT molecular complexity index is 89.9. The summed E-state index contributed by atoms with van der Waals surface area (Å²) >= 11 is 0. The Morgan fingerprint density at radius 2 is 2.43 bits per heavy atom. The molecule has 0 aromatic carbocycles. The Morgan fingerprint density at radius 3 is 2.57 bits per heavy atom. The number of carbonyl (C=O) groups excluding carboxylic acids is 1. The molecular formula is C4H6ClNO. The van der Waals surface area contributed by atoms with Gasteiger partial charge in [-0.3, -0.25) is 9.79 Å². The van der Waals surface area contributed by atoms with E-state index in [0.717, 1.165) is 0 Å². The van der Waals surface area contributed by atoms with Crippen LogP contribution in [0.1, 0.15) is 6.42 Å². The first-order valence-corrected chi connectivity index (χ1v) is 1.89. The second-order valence-electron chi connectivity index (χ2n) is 1.27. The first kappa shape index (κ1) is 6.63. The van der Waals surface area contributed by atoms with Crippen molar-refractivity contribution in [1.82, 2.24) is 0 Å². The summed E-state index contributed by atoms with van der Waals surface area (Å²) in [5.74, 6) is 0.231. The van der Waals surface area contributed by atoms with Crippen LogP contribution in [0.5, 0.6) is 0 Å². The molecule has 0 amide bonds. The van der Waals surface area contributed by atoms with Crippen molar-refractivity contribution in [3.63, 3.8) is 0 Å². The topological polar surface area (TPSA) is 29.4 Å². The van der Waals surface area contributed by atoms with Gasteiger partial charge in [0.2, 0.25) is 0 Å². The Labute approximate surface area is 48.0 Å². The Hall–Kier alpha value is -0.370. The number of nitrogens with zero attached hydrogens (tertiary/aromatic N) is 1. The van der Waals surface area contributed by atoms with E-state index in [1.54, 1.807) is 6.21 Å². The van der Waals surface area contributed by atoms with Gasteiger partial charge >= 0.3 is 0 Å². The van der Waals surface area contributed by atoms with E-state index in [1.807, 2.05) is 0 Å². The highest BCUT2D eigenvalue weighted by Gasteiger charge is 2.00. The van der Waals surface area contributed by atoms with Gasteiger partial charge in [-0.1, -0.05) is 0 Å². The second kappa shape index (κ2) is 2.75. The third-order valence-corrected chi connectivity index (χ3v) is 0.716. The minimum absolute atomic E-state index is 0. The van der Waals surface area contributed by atoms with Crippen molar-refractivity contribution < 1.29 is 4.79 Å². The second-order valence-corrected chi connectivity index (χ2v) is 1.27. The Balaban J connectivity index is 0.000000360. The minimum Gasteiger partial charge on any atom is -0.297 e. The van der Waals surface area contributed by atoms with Gasteiger partial charge in [0, 0.05) is 12.6 Å². The Kier molecular flexibility index (Phi) is 2.60. The van der Waals surface area contributed by atoms with Gasteiger partial charge in [0.15, 0.2) is 5.78 Å². The lowest BCUT2D eigenvalue weighted by Crippen LogP contribution is -1.91. The maximum absolute atomic E-state index is 10.1. The van der Waals surface area contributed by atoms with Gasteiger partial charge in [0.1, 0.15) is 0 Å². The van der Waals surface area contributed by atoms with Crippen LogP contribution in [-0.2, 0) is 4.79 Å². The van der Waals surface area contributed by atoms with Crippen LogP contribution in [0.25, 0.3) is 0 Å². The van der Waals surface area contributed by atoms with Crippen LogP contribution in [0, 0.1) is 0 Å². The van der Waals surface area contributed by atoms with Gasteiger partial charge in [-0.15, -0.1) is 12.4 Å². The molecule has 7 heavy (non-hydrogen) atoms. The summed E-state index contributed by atoms with van der Waals surface area (Å²) < 4.78 is 0. The first-order valence-electron chi connectivity index (χ1n) is 1.89. The highest BCUT2D eigenvalue weighted by atomic mass is 35.5. The molecule has 0 aromatic rings. The number of halogens is 1. The summed E-state index contributed by atoms with van der Waals surface area (Å²) in [5, 5.41) is 0. The smallest absolute Gasteiger partial charge is 0.159 e. The van der Waals surface area contributed by atoms with Crippen molar-refractivity contribution in [2.45, 2.75) is 6.42 Å². The quantitative estimate of drug-likeness (QED) is 0.455. The number of carbonyl (C=O) groups is 1. The van der Waals surface area contributed by atoms with Crippen LogP contribution in [0.4, 0.5) is 0 Å². The van der Waals surface area contributed by atoms with Crippen molar-refractivity contribution in [1.29, 1.82) is 0 Å². The molecule has 0 N–H and O–H groups in total. The SMILES string of the molecule is Cl.O=C1CC=NC1. The van der Waals surface area contributed by atoms with Crippen LogP contribution in [0.3, 0.4) is 0 Å². The number of rotatable bonds is 0. The van der Waals surface area contributed by atoms with E-state index < -0.39 is 0 Å². The fourth-order valence-electron chi connectivity index (χ4n) is 0.397. The third kappa shape index (κ3) is 1.69. The molecule has 0 atom stereocenters. The number of aliphatic imine (C=N–C) groups is 1. The third-order valence-electron chi connectivity index (χ3n) is 0.716. The summed E-state index contributed by atoms with van der Waals surface area (Å²) in [4.78, 5) is 13.8. The fraction of sp³-hybridized carbons (Fsp3) is 0.500. The average molecular weight is 120 g/mol. The molecular weight excluding hydrogens is 114 g/mol. The lowest BCUT2D eigenvalue weighted by Gasteiger charge is -1.70. The zero-order chi connectivity index (χ0) is 4.41. The van der Waals surface area contributed by atoms with Crippen LogP contribution in [-0.4, -0.2) is 18.5 Å². The van der Waals surface area contributed by atoms with Crippen molar-refractivity contribution in [2.24, 2.45) is 4.99 Å². The molecule has 40 valence electrons. The summed E-state index contributed by atoms with van der Waals surface area (Å²) in [6, 6.07) is 0. The highest BCUT2D eigenvalue weighted by molar-refractivity contribution is 5.97. The summed E-state index contributed by atoms with van der Waals surface area (Å²) in [6.45, 7) is 0.417. The van der Waals surface area contributed by atoms with E-state index >= 15 is 0 Å². The fourth-order valence-corrected chi connectivity index (χ4v) is 0.397. The summed E-state index contributed by atoms with van der Waals surface area (Å²) in [5.41, 5.74) is 0. The van der Waals surface area contributed by atoms with Gasteiger partial charge in [0.25, 0.3) is 0 Å². The van der Waals surface area contributed by atoms with Crippen LogP contribution in [0.2, 0.25) is 0 Å². The molecule has 1 aliphatic heterocycles. The van der Waals surface area contributed by atoms with Crippen molar-refractivity contribution in [3.8, 4) is 0 Å². The molecule has 0 aliphatic carbocycles. The molecule has 1 heterocycles. The van der Waals surface area contributed by atoms with Gasteiger partial charge in [-0.25, -0.2) is 0 Å². The number of Topliss-reactive ketones (excluding diaryl/α,β-unsaturated/α-hetero) is 1. The maximum Gasteiger partial charge on any atom is 0.159 e. The largest absolute Gasteiger partial charge is 0.297 e. The molecule has 0 fully saturated rings. The van der Waals surface area contributed by atoms with E-state index in [2.05, 4.69) is 4.99 Å². The van der Waals surface area contributed by atoms with E-state index in [0.29, 0.717) is 13.0 Å². The predicted molar refractivity (Wildman–Crippen MR) is 30.2 cm³/mol.